The topological polar surface area (TPSA) is 75.5 Å². The summed E-state index contributed by atoms with van der Waals surface area (Å²) in [4.78, 5) is 23.5. The van der Waals surface area contributed by atoms with Crippen LogP contribution in [0.3, 0.4) is 0 Å². The molecule has 0 unspecified atom stereocenters. The molecular formula is C15H14FN3O3. The van der Waals surface area contributed by atoms with Gasteiger partial charge in [-0.1, -0.05) is 12.1 Å². The molecule has 22 heavy (non-hydrogen) atoms. The Kier molecular flexibility index (Phi) is 4.67. The molecule has 0 aromatic heterocycles. The van der Waals surface area contributed by atoms with Gasteiger partial charge in [0.2, 0.25) is 0 Å². The molecule has 0 fully saturated rings. The molecule has 0 saturated carbocycles. The van der Waals surface area contributed by atoms with Crippen molar-refractivity contribution in [2.45, 2.75) is 6.54 Å². The minimum atomic E-state index is -0.508. The highest BCUT2D eigenvalue weighted by Gasteiger charge is 2.11. The van der Waals surface area contributed by atoms with Crippen molar-refractivity contribution in [3.05, 3.63) is 70.0 Å². The van der Waals surface area contributed by atoms with E-state index < -0.39 is 4.92 Å². The smallest absolute Gasteiger partial charge is 0.321 e. The fourth-order valence-electron chi connectivity index (χ4n) is 1.82. The number of hydrogen-bond donors (Lipinski definition) is 1. The molecule has 1 N–H and O–H groups in total. The average Bonchev–Trinajstić information content (AvgIpc) is 2.50. The van der Waals surface area contributed by atoms with E-state index in [9.17, 15) is 19.3 Å². The summed E-state index contributed by atoms with van der Waals surface area (Å²) in [5, 5.41) is 13.2. The molecule has 0 radical (unpaired) electrons. The highest BCUT2D eigenvalue weighted by Crippen LogP contribution is 2.16. The number of nitro groups is 1. The van der Waals surface area contributed by atoms with Gasteiger partial charge in [0.1, 0.15) is 5.82 Å². The maximum absolute atomic E-state index is 12.8. The minimum Gasteiger partial charge on any atom is -0.323 e. The molecule has 2 aromatic rings. The molecular weight excluding hydrogens is 289 g/mol. The van der Waals surface area contributed by atoms with Crippen LogP contribution in [0.4, 0.5) is 20.6 Å². The summed E-state index contributed by atoms with van der Waals surface area (Å²) in [6, 6.07) is 11.1. The van der Waals surface area contributed by atoms with Crippen molar-refractivity contribution >= 4 is 17.4 Å². The molecule has 2 amide bonds. The van der Waals surface area contributed by atoms with E-state index in [1.807, 2.05) is 0 Å². The van der Waals surface area contributed by atoms with Gasteiger partial charge in [0.05, 0.1) is 4.92 Å². The van der Waals surface area contributed by atoms with Crippen LogP contribution >= 0.6 is 0 Å². The van der Waals surface area contributed by atoms with Crippen LogP contribution < -0.4 is 5.32 Å². The first kappa shape index (κ1) is 15.4. The lowest BCUT2D eigenvalue weighted by molar-refractivity contribution is -0.384. The molecule has 114 valence electrons. The van der Waals surface area contributed by atoms with E-state index in [0.29, 0.717) is 12.2 Å². The van der Waals surface area contributed by atoms with Crippen molar-refractivity contribution < 1.29 is 14.1 Å². The van der Waals surface area contributed by atoms with Crippen LogP contribution in [-0.4, -0.2) is 22.9 Å². The Morgan fingerprint density at radius 3 is 2.32 bits per heavy atom. The van der Waals surface area contributed by atoms with Crippen LogP contribution in [0.1, 0.15) is 5.56 Å². The number of benzene rings is 2. The van der Waals surface area contributed by atoms with Gasteiger partial charge in [-0.15, -0.1) is 0 Å². The number of nitrogens with zero attached hydrogens (tertiary/aromatic N) is 2. The van der Waals surface area contributed by atoms with Crippen LogP contribution in [0.15, 0.2) is 48.5 Å². The normalized spacial score (nSPS) is 10.1. The van der Waals surface area contributed by atoms with Crippen LogP contribution in [0, 0.1) is 15.9 Å². The minimum absolute atomic E-state index is 0.0438. The molecule has 0 aliphatic rings. The summed E-state index contributed by atoms with van der Waals surface area (Å²) in [6.45, 7) is 0.319. The maximum Gasteiger partial charge on any atom is 0.321 e. The number of nitrogens with one attached hydrogen (secondary N) is 1. The number of carbonyl (C=O) groups excluding carboxylic acids is 1. The molecule has 2 aromatic carbocycles. The zero-order chi connectivity index (χ0) is 16.1. The van der Waals surface area contributed by atoms with E-state index in [1.54, 1.807) is 19.2 Å². The quantitative estimate of drug-likeness (QED) is 0.694. The number of rotatable bonds is 4. The summed E-state index contributed by atoms with van der Waals surface area (Å²) < 4.78 is 12.8. The van der Waals surface area contributed by atoms with Gasteiger partial charge in [0.15, 0.2) is 0 Å². The Hall–Kier alpha value is -2.96. The number of non-ortho nitro benzene ring substituents is 1. The molecule has 0 aliphatic carbocycles. The molecule has 6 nitrogen and oxygen atoms in total. The number of amides is 2. The van der Waals surface area contributed by atoms with Gasteiger partial charge in [-0.25, -0.2) is 9.18 Å². The number of urea groups is 1. The predicted molar refractivity (Wildman–Crippen MR) is 80.0 cm³/mol. The van der Waals surface area contributed by atoms with Crippen LogP contribution in [-0.2, 0) is 6.54 Å². The number of hydrogen-bond acceptors (Lipinski definition) is 3. The van der Waals surface area contributed by atoms with Crippen LogP contribution in [0.5, 0.6) is 0 Å². The average molecular weight is 303 g/mol. The first-order chi connectivity index (χ1) is 10.5. The zero-order valence-corrected chi connectivity index (χ0v) is 11.8. The molecule has 0 saturated heterocycles. The third-order valence-corrected chi connectivity index (χ3v) is 3.01. The van der Waals surface area contributed by atoms with Crippen molar-refractivity contribution in [3.63, 3.8) is 0 Å². The van der Waals surface area contributed by atoms with Crippen molar-refractivity contribution in [2.75, 3.05) is 12.4 Å². The molecule has 2 rings (SSSR count). The van der Waals surface area contributed by atoms with E-state index in [4.69, 9.17) is 0 Å². The van der Waals surface area contributed by atoms with E-state index in [0.717, 1.165) is 5.56 Å². The standard InChI is InChI=1S/C15H14FN3O3/c1-18(10-11-2-4-12(16)5-3-11)15(20)17-13-6-8-14(9-7-13)19(21)22/h2-9H,10H2,1H3,(H,17,20). The van der Waals surface area contributed by atoms with Crippen molar-refractivity contribution in [1.29, 1.82) is 0 Å². The third-order valence-electron chi connectivity index (χ3n) is 3.01. The lowest BCUT2D eigenvalue weighted by atomic mass is 10.2. The van der Waals surface area contributed by atoms with Crippen molar-refractivity contribution in [3.8, 4) is 0 Å². The molecule has 7 heteroatoms. The molecule has 0 atom stereocenters. The maximum atomic E-state index is 12.8. The summed E-state index contributed by atoms with van der Waals surface area (Å²) in [7, 11) is 1.60. The lowest BCUT2D eigenvalue weighted by Gasteiger charge is -2.18. The zero-order valence-electron chi connectivity index (χ0n) is 11.8. The molecule has 0 bridgehead atoms. The van der Waals surface area contributed by atoms with Gasteiger partial charge in [0.25, 0.3) is 5.69 Å². The third kappa shape index (κ3) is 4.02. The Bertz CT molecular complexity index is 671. The predicted octanol–water partition coefficient (Wildman–Crippen LogP) is 3.40. The number of anilines is 1. The van der Waals surface area contributed by atoms with Crippen molar-refractivity contribution in [1.82, 2.24) is 4.90 Å². The van der Waals surface area contributed by atoms with E-state index in [-0.39, 0.29) is 17.5 Å². The Balaban J connectivity index is 1.95. The first-order valence-electron chi connectivity index (χ1n) is 6.47. The molecule has 0 spiro atoms. The summed E-state index contributed by atoms with van der Waals surface area (Å²) in [5.41, 5.74) is 1.21. The fourth-order valence-corrected chi connectivity index (χ4v) is 1.82. The lowest BCUT2D eigenvalue weighted by Crippen LogP contribution is -2.30. The van der Waals surface area contributed by atoms with Crippen LogP contribution in [0.2, 0.25) is 0 Å². The number of carbonyl (C=O) groups is 1. The summed E-state index contributed by atoms with van der Waals surface area (Å²) in [5.74, 6) is -0.332. The van der Waals surface area contributed by atoms with E-state index in [1.165, 1.54) is 41.3 Å². The van der Waals surface area contributed by atoms with Gasteiger partial charge < -0.3 is 10.2 Å². The van der Waals surface area contributed by atoms with Crippen molar-refractivity contribution in [2.24, 2.45) is 0 Å². The highest BCUT2D eigenvalue weighted by molar-refractivity contribution is 5.89. The van der Waals surface area contributed by atoms with E-state index >= 15 is 0 Å². The largest absolute Gasteiger partial charge is 0.323 e. The number of nitro benzene ring substituents is 1. The SMILES string of the molecule is CN(Cc1ccc(F)cc1)C(=O)Nc1ccc([N+](=O)[O-])cc1. The first-order valence-corrected chi connectivity index (χ1v) is 6.47. The number of halogens is 1. The molecule has 0 heterocycles. The highest BCUT2D eigenvalue weighted by atomic mass is 19.1. The van der Waals surface area contributed by atoms with Gasteiger partial charge in [0, 0.05) is 31.4 Å². The Morgan fingerprint density at radius 1 is 1.18 bits per heavy atom. The van der Waals surface area contributed by atoms with E-state index in [2.05, 4.69) is 5.32 Å². The summed E-state index contributed by atoms with van der Waals surface area (Å²) >= 11 is 0. The fraction of sp³-hybridized carbons (Fsp3) is 0.133. The van der Waals surface area contributed by atoms with Gasteiger partial charge in [-0.3, -0.25) is 10.1 Å². The summed E-state index contributed by atoms with van der Waals surface area (Å²) in [6.07, 6.45) is 0. The molecule has 0 aliphatic heterocycles. The van der Waals surface area contributed by atoms with Gasteiger partial charge in [-0.2, -0.15) is 0 Å². The van der Waals surface area contributed by atoms with Gasteiger partial charge >= 0.3 is 6.03 Å². The Morgan fingerprint density at radius 2 is 1.77 bits per heavy atom. The second-order valence-corrected chi connectivity index (χ2v) is 4.72. The second-order valence-electron chi connectivity index (χ2n) is 4.72. The monoisotopic (exact) mass is 303 g/mol. The van der Waals surface area contributed by atoms with Gasteiger partial charge in [-0.05, 0) is 29.8 Å². The second kappa shape index (κ2) is 6.66. The van der Waals surface area contributed by atoms with Crippen LogP contribution in [0.25, 0.3) is 0 Å². The Labute approximate surface area is 126 Å².